The second kappa shape index (κ2) is 15.1. The molecule has 1 atom stereocenters. The van der Waals surface area contributed by atoms with Gasteiger partial charge in [-0.1, -0.05) is 59.7 Å². The highest BCUT2D eigenvalue weighted by Crippen LogP contribution is 2.50. The summed E-state index contributed by atoms with van der Waals surface area (Å²) in [6.45, 7) is 6.88. The van der Waals surface area contributed by atoms with Gasteiger partial charge < -0.3 is 18.9 Å². The molecule has 5 nitrogen and oxygen atoms in total. The van der Waals surface area contributed by atoms with Gasteiger partial charge in [0.25, 0.3) is 0 Å². The van der Waals surface area contributed by atoms with E-state index in [1.54, 1.807) is 39.2 Å². The maximum Gasteiger partial charge on any atom is 0.203 e. The van der Waals surface area contributed by atoms with E-state index in [2.05, 4.69) is 45.1 Å². The molecule has 0 amide bonds. The first-order valence-corrected chi connectivity index (χ1v) is 15.4. The van der Waals surface area contributed by atoms with Crippen LogP contribution in [0.2, 0.25) is 0 Å². The van der Waals surface area contributed by atoms with Crippen molar-refractivity contribution in [3.05, 3.63) is 105 Å². The van der Waals surface area contributed by atoms with E-state index in [0.717, 1.165) is 47.9 Å². The van der Waals surface area contributed by atoms with Gasteiger partial charge in [-0.15, -0.1) is 11.8 Å². The molecule has 0 aliphatic heterocycles. The third-order valence-corrected chi connectivity index (χ3v) is 8.63. The van der Waals surface area contributed by atoms with Crippen molar-refractivity contribution in [3.63, 3.8) is 0 Å². The number of methoxy groups -OCH3 is 3. The Kier molecular flexibility index (Phi) is 11.3. The number of aryl methyl sites for hydroxylation is 1. The van der Waals surface area contributed by atoms with E-state index < -0.39 is 0 Å². The Bertz CT molecular complexity index is 1490. The molecule has 0 aromatic heterocycles. The van der Waals surface area contributed by atoms with Gasteiger partial charge >= 0.3 is 0 Å². The smallest absolute Gasteiger partial charge is 0.203 e. The van der Waals surface area contributed by atoms with Crippen molar-refractivity contribution in [1.29, 1.82) is 0 Å². The Labute approximate surface area is 254 Å². The van der Waals surface area contributed by atoms with Crippen molar-refractivity contribution >= 4 is 11.8 Å². The van der Waals surface area contributed by atoms with Crippen LogP contribution in [0, 0.1) is 0 Å². The first kappa shape index (κ1) is 31.5. The largest absolute Gasteiger partial charge is 0.493 e. The van der Waals surface area contributed by atoms with Gasteiger partial charge in [0.15, 0.2) is 16.9 Å². The molecule has 0 saturated heterocycles. The first-order chi connectivity index (χ1) is 20.4. The molecule has 6 heteroatoms. The van der Waals surface area contributed by atoms with Gasteiger partial charge in [0.05, 0.1) is 38.9 Å². The van der Waals surface area contributed by atoms with Crippen LogP contribution in [0.15, 0.2) is 87.6 Å². The molecule has 0 fully saturated rings. The molecule has 0 saturated carbocycles. The monoisotopic (exact) mass is 586 g/mol. The fourth-order valence-corrected chi connectivity index (χ4v) is 6.17. The summed E-state index contributed by atoms with van der Waals surface area (Å²) in [4.78, 5) is 14.3. The summed E-state index contributed by atoms with van der Waals surface area (Å²) in [5, 5.41) is 0. The van der Waals surface area contributed by atoms with Crippen molar-refractivity contribution < 1.29 is 18.9 Å². The number of hydrogen-bond acceptors (Lipinski definition) is 6. The molecule has 0 radical (unpaired) electrons. The van der Waals surface area contributed by atoms with E-state index >= 15 is 0 Å². The molecule has 0 bridgehead atoms. The Morgan fingerprint density at radius 3 is 2.38 bits per heavy atom. The van der Waals surface area contributed by atoms with E-state index in [4.69, 9.17) is 18.9 Å². The molecule has 0 N–H and O–H groups in total. The number of ether oxygens (including phenoxy) is 4. The highest BCUT2D eigenvalue weighted by Gasteiger charge is 2.29. The van der Waals surface area contributed by atoms with Crippen molar-refractivity contribution in [2.24, 2.45) is 0 Å². The van der Waals surface area contributed by atoms with Crippen molar-refractivity contribution in [1.82, 2.24) is 0 Å². The van der Waals surface area contributed by atoms with Crippen LogP contribution in [-0.4, -0.2) is 27.9 Å². The summed E-state index contributed by atoms with van der Waals surface area (Å²) in [5.74, 6) is 2.46. The second-order valence-corrected chi connectivity index (χ2v) is 11.8. The molecular weight excluding hydrogens is 544 g/mol. The van der Waals surface area contributed by atoms with Crippen LogP contribution in [-0.2, 0) is 16.9 Å². The molecule has 1 aliphatic carbocycles. The van der Waals surface area contributed by atoms with Crippen LogP contribution in [0.25, 0.3) is 11.1 Å². The number of rotatable bonds is 12. The summed E-state index contributed by atoms with van der Waals surface area (Å²) in [6, 6.07) is 18.0. The summed E-state index contributed by atoms with van der Waals surface area (Å²) in [7, 11) is 4.89. The van der Waals surface area contributed by atoms with Crippen LogP contribution in [0.1, 0.15) is 62.8 Å². The summed E-state index contributed by atoms with van der Waals surface area (Å²) in [6.07, 6.45) is 7.64. The van der Waals surface area contributed by atoms with E-state index in [9.17, 15) is 4.79 Å². The van der Waals surface area contributed by atoms with Crippen LogP contribution < -0.4 is 19.6 Å². The van der Waals surface area contributed by atoms with Gasteiger partial charge in [-0.05, 0) is 86.9 Å². The number of fused-ring (bicyclic) bond motifs is 3. The highest BCUT2D eigenvalue weighted by molar-refractivity contribution is 7.98. The van der Waals surface area contributed by atoms with Crippen LogP contribution in [0.3, 0.4) is 0 Å². The van der Waals surface area contributed by atoms with Gasteiger partial charge in [-0.2, -0.15) is 0 Å². The lowest BCUT2D eigenvalue weighted by Crippen LogP contribution is -2.08. The molecule has 3 aromatic rings. The third kappa shape index (κ3) is 7.67. The molecule has 222 valence electrons. The normalized spacial score (nSPS) is 14.3. The molecule has 0 unspecified atom stereocenters. The Balaban J connectivity index is 1.76. The standard InChI is InChI=1S/C36H42O5S/c1-24(2)11-10-12-25(3)19-20-41-31-17-15-27-21-32(38-4)35(39-5)36(40-6)34(27)28-16-18-33(30(37)22-29(28)31)42-23-26-13-8-7-9-14-26/h7-9,11,13-14,16,18-19,21-22,31H,10,12,15,17,20,23H2,1-6H3/b25-19+/t31-/m1/s1. The first-order valence-electron chi connectivity index (χ1n) is 14.4. The fourth-order valence-electron chi connectivity index (χ4n) is 5.29. The molecule has 3 aromatic carbocycles. The van der Waals surface area contributed by atoms with E-state index in [0.29, 0.717) is 34.5 Å². The molecule has 42 heavy (non-hydrogen) atoms. The van der Waals surface area contributed by atoms with Crippen molar-refractivity contribution in [3.8, 4) is 28.4 Å². The predicted octanol–water partition coefficient (Wildman–Crippen LogP) is 8.73. The Hall–Kier alpha value is -3.48. The van der Waals surface area contributed by atoms with Crippen LogP contribution in [0.5, 0.6) is 17.2 Å². The van der Waals surface area contributed by atoms with Gasteiger partial charge in [0.1, 0.15) is 0 Å². The molecule has 0 heterocycles. The number of allylic oxidation sites excluding steroid dienone is 3. The zero-order valence-electron chi connectivity index (χ0n) is 25.6. The van der Waals surface area contributed by atoms with E-state index in [-0.39, 0.29) is 11.5 Å². The fraction of sp³-hybridized carbons (Fsp3) is 0.361. The predicted molar refractivity (Wildman–Crippen MR) is 173 cm³/mol. The highest BCUT2D eigenvalue weighted by atomic mass is 32.2. The topological polar surface area (TPSA) is 54.0 Å². The minimum atomic E-state index is -0.261. The van der Waals surface area contributed by atoms with Crippen LogP contribution >= 0.6 is 11.8 Å². The van der Waals surface area contributed by atoms with Gasteiger partial charge in [0.2, 0.25) is 5.75 Å². The third-order valence-electron chi connectivity index (χ3n) is 7.50. The second-order valence-electron chi connectivity index (χ2n) is 10.8. The van der Waals surface area contributed by atoms with E-state index in [1.165, 1.54) is 16.7 Å². The maximum absolute atomic E-state index is 13.6. The summed E-state index contributed by atoms with van der Waals surface area (Å²) < 4.78 is 23.9. The Morgan fingerprint density at radius 1 is 0.929 bits per heavy atom. The number of benzene rings is 2. The van der Waals surface area contributed by atoms with E-state index in [1.807, 2.05) is 36.4 Å². The molecular formula is C36H42O5S. The lowest BCUT2D eigenvalue weighted by atomic mass is 9.96. The quantitative estimate of drug-likeness (QED) is 0.156. The molecule has 4 rings (SSSR count). The van der Waals surface area contributed by atoms with Crippen molar-refractivity contribution in [2.45, 2.75) is 63.2 Å². The van der Waals surface area contributed by atoms with Crippen molar-refractivity contribution in [2.75, 3.05) is 27.9 Å². The summed E-state index contributed by atoms with van der Waals surface area (Å²) >= 11 is 1.55. The van der Waals surface area contributed by atoms with Gasteiger partial charge in [-0.3, -0.25) is 4.79 Å². The minimum Gasteiger partial charge on any atom is -0.493 e. The lowest BCUT2D eigenvalue weighted by Gasteiger charge is -2.19. The van der Waals surface area contributed by atoms with Gasteiger partial charge in [-0.25, -0.2) is 0 Å². The zero-order valence-corrected chi connectivity index (χ0v) is 26.4. The molecule has 1 aliphatic rings. The number of hydrogen-bond donors (Lipinski definition) is 0. The number of thioether (sulfide) groups is 1. The summed E-state index contributed by atoms with van der Waals surface area (Å²) in [5.41, 5.74) is 7.56. The maximum atomic E-state index is 13.6. The SMILES string of the molecule is COc1cc2c(c(OC)c1OC)-c1ccc(SCc3ccccc3)c(=O)cc1[C@H](OC/C=C(\C)CCC=C(C)C)CC2. The van der Waals surface area contributed by atoms with Crippen LogP contribution in [0.4, 0.5) is 0 Å². The lowest BCUT2D eigenvalue weighted by molar-refractivity contribution is 0.0683. The minimum absolute atomic E-state index is 0.0119. The molecule has 0 spiro atoms. The zero-order chi connectivity index (χ0) is 30.1. The Morgan fingerprint density at radius 2 is 1.69 bits per heavy atom. The average molecular weight is 587 g/mol. The average Bonchev–Trinajstić information content (AvgIpc) is 3.23. The van der Waals surface area contributed by atoms with Gasteiger partial charge in [0, 0.05) is 11.3 Å².